The van der Waals surface area contributed by atoms with Gasteiger partial charge in [-0.2, -0.15) is 0 Å². The minimum Gasteiger partial charge on any atom is -0.356 e. The van der Waals surface area contributed by atoms with Crippen LogP contribution in [0.25, 0.3) is 11.0 Å². The Morgan fingerprint density at radius 1 is 0.765 bits per heavy atom. The van der Waals surface area contributed by atoms with Crippen molar-refractivity contribution in [3.05, 3.63) is 131 Å². The molecule has 0 aliphatic carbocycles. The van der Waals surface area contributed by atoms with Gasteiger partial charge in [0, 0.05) is 28.6 Å². The molecule has 0 unspecified atom stereocenters. The van der Waals surface area contributed by atoms with Gasteiger partial charge in [-0.15, -0.1) is 0 Å². The first kappa shape index (κ1) is 21.2. The largest absolute Gasteiger partial charge is 0.356 e. The monoisotopic (exact) mass is 446 g/mol. The van der Waals surface area contributed by atoms with Gasteiger partial charge in [-0.1, -0.05) is 48.5 Å². The Labute approximate surface area is 196 Å². The maximum atomic E-state index is 13.3. The summed E-state index contributed by atoms with van der Waals surface area (Å²) in [5.74, 6) is -0.457. The Morgan fingerprint density at radius 2 is 1.41 bits per heavy atom. The molecule has 0 bridgehead atoms. The Hall–Kier alpha value is -4.71. The van der Waals surface area contributed by atoms with E-state index < -0.39 is 5.91 Å². The molecule has 0 radical (unpaired) electrons. The van der Waals surface area contributed by atoms with E-state index in [-0.39, 0.29) is 11.1 Å². The van der Waals surface area contributed by atoms with Crippen molar-refractivity contribution in [2.75, 3.05) is 10.6 Å². The molecule has 2 heterocycles. The summed E-state index contributed by atoms with van der Waals surface area (Å²) in [5, 5.41) is 6.88. The Bertz CT molecular complexity index is 1500. The second kappa shape index (κ2) is 9.42. The van der Waals surface area contributed by atoms with Crippen LogP contribution in [0.2, 0.25) is 0 Å². The van der Waals surface area contributed by atoms with Gasteiger partial charge in [-0.05, 0) is 60.2 Å². The van der Waals surface area contributed by atoms with Crippen molar-refractivity contribution in [2.45, 2.75) is 6.54 Å². The average Bonchev–Trinajstić information content (AvgIpc) is 2.88. The third-order valence-corrected chi connectivity index (χ3v) is 5.48. The van der Waals surface area contributed by atoms with Gasteiger partial charge in [0.25, 0.3) is 11.5 Å². The van der Waals surface area contributed by atoms with Crippen molar-refractivity contribution >= 4 is 34.0 Å². The van der Waals surface area contributed by atoms with Gasteiger partial charge in [-0.3, -0.25) is 14.2 Å². The number of nitrogens with zero attached hydrogens (tertiary/aromatic N) is 2. The van der Waals surface area contributed by atoms with E-state index in [9.17, 15) is 9.59 Å². The maximum absolute atomic E-state index is 13.3. The van der Waals surface area contributed by atoms with E-state index in [1.165, 1.54) is 0 Å². The van der Waals surface area contributed by atoms with Gasteiger partial charge >= 0.3 is 0 Å². The number of carbonyl (C=O) groups is 1. The molecule has 5 rings (SSSR count). The number of carbonyl (C=O) groups excluding carboxylic acids is 1. The third-order valence-electron chi connectivity index (χ3n) is 5.48. The molecule has 3 aromatic carbocycles. The van der Waals surface area contributed by atoms with E-state index >= 15 is 0 Å². The van der Waals surface area contributed by atoms with Gasteiger partial charge in [0.05, 0.1) is 6.54 Å². The highest BCUT2D eigenvalue weighted by Crippen LogP contribution is 2.19. The molecule has 1 amide bonds. The van der Waals surface area contributed by atoms with Crippen molar-refractivity contribution in [1.29, 1.82) is 0 Å². The first-order valence-electron chi connectivity index (χ1n) is 10.9. The van der Waals surface area contributed by atoms with Crippen LogP contribution in [-0.2, 0) is 6.54 Å². The summed E-state index contributed by atoms with van der Waals surface area (Å²) in [4.78, 5) is 30.8. The van der Waals surface area contributed by atoms with Crippen molar-refractivity contribution < 1.29 is 4.79 Å². The van der Waals surface area contributed by atoms with E-state index in [1.54, 1.807) is 35.0 Å². The molecular formula is C28H22N4O2. The van der Waals surface area contributed by atoms with Crippen LogP contribution in [0.3, 0.4) is 0 Å². The lowest BCUT2D eigenvalue weighted by Gasteiger charge is -2.13. The van der Waals surface area contributed by atoms with Crippen LogP contribution in [-0.4, -0.2) is 15.5 Å². The van der Waals surface area contributed by atoms with E-state index in [0.717, 1.165) is 22.3 Å². The number of rotatable bonds is 6. The third kappa shape index (κ3) is 4.56. The van der Waals surface area contributed by atoms with Crippen molar-refractivity contribution in [1.82, 2.24) is 9.55 Å². The second-order valence-corrected chi connectivity index (χ2v) is 7.87. The van der Waals surface area contributed by atoms with Crippen molar-refractivity contribution in [2.24, 2.45) is 0 Å². The number of para-hydroxylation sites is 1. The average molecular weight is 447 g/mol. The Kier molecular flexibility index (Phi) is 5.86. The lowest BCUT2D eigenvalue weighted by Crippen LogP contribution is -2.30. The fourth-order valence-corrected chi connectivity index (χ4v) is 3.81. The van der Waals surface area contributed by atoms with Crippen molar-refractivity contribution in [3.63, 3.8) is 0 Å². The molecule has 0 saturated heterocycles. The number of pyridine rings is 2. The number of fused-ring (bicyclic) bond motifs is 1. The molecule has 5 aromatic rings. The normalized spacial score (nSPS) is 10.7. The summed E-state index contributed by atoms with van der Waals surface area (Å²) in [6.07, 6.45) is 1.65. The topological polar surface area (TPSA) is 76.0 Å². The zero-order valence-corrected chi connectivity index (χ0v) is 18.3. The minimum atomic E-state index is -0.457. The standard InChI is InChI=1S/C28H22N4O2/c33-27(31-24-15-13-23(14-16-24)30-22-11-5-2-6-12-22)25-18-21-10-7-17-29-26(21)32(28(25)34)19-20-8-3-1-4-9-20/h1-18,30H,19H2,(H,31,33). The Morgan fingerprint density at radius 3 is 2.15 bits per heavy atom. The number of amides is 1. The van der Waals surface area contributed by atoms with Crippen LogP contribution in [0, 0.1) is 0 Å². The molecule has 2 N–H and O–H groups in total. The van der Waals surface area contributed by atoms with Crippen LogP contribution in [0.15, 0.2) is 114 Å². The summed E-state index contributed by atoms with van der Waals surface area (Å²) < 4.78 is 1.55. The van der Waals surface area contributed by atoms with E-state index in [1.807, 2.05) is 78.9 Å². The summed E-state index contributed by atoms with van der Waals surface area (Å²) in [6, 6.07) is 32.1. The fraction of sp³-hybridized carbons (Fsp3) is 0.0357. The lowest BCUT2D eigenvalue weighted by molar-refractivity contribution is 0.102. The van der Waals surface area contributed by atoms with E-state index in [2.05, 4.69) is 15.6 Å². The smallest absolute Gasteiger partial charge is 0.265 e. The highest BCUT2D eigenvalue weighted by Gasteiger charge is 2.17. The number of hydrogen-bond donors (Lipinski definition) is 2. The summed E-state index contributed by atoms with van der Waals surface area (Å²) >= 11 is 0. The quantitative estimate of drug-likeness (QED) is 0.364. The molecule has 0 fully saturated rings. The maximum Gasteiger partial charge on any atom is 0.265 e. The molecule has 6 heteroatoms. The fourth-order valence-electron chi connectivity index (χ4n) is 3.81. The number of benzene rings is 3. The van der Waals surface area contributed by atoms with Crippen molar-refractivity contribution in [3.8, 4) is 0 Å². The number of hydrogen-bond acceptors (Lipinski definition) is 4. The first-order valence-corrected chi connectivity index (χ1v) is 10.9. The number of anilines is 3. The first-order chi connectivity index (χ1) is 16.7. The molecule has 6 nitrogen and oxygen atoms in total. The highest BCUT2D eigenvalue weighted by molar-refractivity contribution is 6.05. The van der Waals surface area contributed by atoms with Gasteiger partial charge in [0.1, 0.15) is 11.2 Å². The number of aromatic nitrogens is 2. The molecule has 0 atom stereocenters. The van der Waals surface area contributed by atoms with E-state index in [4.69, 9.17) is 0 Å². The SMILES string of the molecule is O=C(Nc1ccc(Nc2ccccc2)cc1)c1cc2cccnc2n(Cc2ccccc2)c1=O. The van der Waals surface area contributed by atoms with Gasteiger partial charge in [0.2, 0.25) is 0 Å². The minimum absolute atomic E-state index is 0.0721. The molecule has 0 aliphatic rings. The lowest BCUT2D eigenvalue weighted by atomic mass is 10.1. The predicted molar refractivity (Wildman–Crippen MR) is 136 cm³/mol. The zero-order valence-electron chi connectivity index (χ0n) is 18.3. The summed E-state index contributed by atoms with van der Waals surface area (Å²) in [5.41, 5.74) is 3.66. The van der Waals surface area contributed by atoms with Crippen LogP contribution < -0.4 is 16.2 Å². The van der Waals surface area contributed by atoms with Gasteiger partial charge in [-0.25, -0.2) is 4.98 Å². The Balaban J connectivity index is 1.42. The van der Waals surface area contributed by atoms with Gasteiger partial charge < -0.3 is 10.6 Å². The number of nitrogens with one attached hydrogen (secondary N) is 2. The molecule has 0 saturated carbocycles. The van der Waals surface area contributed by atoms with Crippen LogP contribution in [0.1, 0.15) is 15.9 Å². The molecular weight excluding hydrogens is 424 g/mol. The van der Waals surface area contributed by atoms with Crippen LogP contribution in [0.4, 0.5) is 17.1 Å². The molecule has 0 aliphatic heterocycles. The highest BCUT2D eigenvalue weighted by atomic mass is 16.2. The van der Waals surface area contributed by atoms with E-state index in [0.29, 0.717) is 17.9 Å². The summed E-state index contributed by atoms with van der Waals surface area (Å²) in [6.45, 7) is 0.328. The molecule has 34 heavy (non-hydrogen) atoms. The second-order valence-electron chi connectivity index (χ2n) is 7.87. The van der Waals surface area contributed by atoms with Crippen LogP contribution >= 0.6 is 0 Å². The summed E-state index contributed by atoms with van der Waals surface area (Å²) in [7, 11) is 0. The van der Waals surface area contributed by atoms with Crippen LogP contribution in [0.5, 0.6) is 0 Å². The molecule has 2 aromatic heterocycles. The van der Waals surface area contributed by atoms with Gasteiger partial charge in [0.15, 0.2) is 0 Å². The zero-order chi connectivity index (χ0) is 23.3. The molecule has 166 valence electrons. The predicted octanol–water partition coefficient (Wildman–Crippen LogP) is 5.44. The molecule has 0 spiro atoms.